The standard InChI is InChI=1S/C7H10N2O/c1-2-7(5-8)3-4-9-6(7)10/h2-4H2,1H3,(H,9,10)/t7-/m0/s1. The van der Waals surface area contributed by atoms with Gasteiger partial charge in [-0.2, -0.15) is 5.26 Å². The van der Waals surface area contributed by atoms with Crippen LogP contribution in [0.4, 0.5) is 0 Å². The van der Waals surface area contributed by atoms with Crippen molar-refractivity contribution in [3.05, 3.63) is 0 Å². The second-order valence-corrected chi connectivity index (χ2v) is 2.55. The van der Waals surface area contributed by atoms with Crippen LogP contribution in [0.15, 0.2) is 0 Å². The normalized spacial score (nSPS) is 31.4. The molecule has 1 heterocycles. The van der Waals surface area contributed by atoms with Crippen molar-refractivity contribution in [2.24, 2.45) is 5.41 Å². The summed E-state index contributed by atoms with van der Waals surface area (Å²) in [6.45, 7) is 2.52. The Morgan fingerprint density at radius 3 is 2.80 bits per heavy atom. The van der Waals surface area contributed by atoms with Crippen LogP contribution in [-0.4, -0.2) is 12.5 Å². The lowest BCUT2D eigenvalue weighted by Crippen LogP contribution is -2.28. The molecule has 10 heavy (non-hydrogen) atoms. The van der Waals surface area contributed by atoms with Crippen LogP contribution in [0.5, 0.6) is 0 Å². The molecule has 1 fully saturated rings. The number of hydrogen-bond donors (Lipinski definition) is 1. The second-order valence-electron chi connectivity index (χ2n) is 2.55. The highest BCUT2D eigenvalue weighted by Gasteiger charge is 2.40. The number of amides is 1. The Kier molecular flexibility index (Phi) is 1.62. The maximum absolute atomic E-state index is 11.0. The van der Waals surface area contributed by atoms with Gasteiger partial charge in [0.15, 0.2) is 0 Å². The quantitative estimate of drug-likeness (QED) is 0.571. The molecule has 54 valence electrons. The van der Waals surface area contributed by atoms with Gasteiger partial charge >= 0.3 is 0 Å². The van der Waals surface area contributed by atoms with Gasteiger partial charge in [-0.05, 0) is 12.8 Å². The summed E-state index contributed by atoms with van der Waals surface area (Å²) in [6, 6.07) is 2.06. The molecule has 1 aliphatic rings. The zero-order valence-corrected chi connectivity index (χ0v) is 5.98. The van der Waals surface area contributed by atoms with E-state index in [1.807, 2.05) is 6.92 Å². The first-order chi connectivity index (χ1) is 4.75. The van der Waals surface area contributed by atoms with Gasteiger partial charge in [0.1, 0.15) is 5.41 Å². The fraction of sp³-hybridized carbons (Fsp3) is 0.714. The summed E-state index contributed by atoms with van der Waals surface area (Å²) in [5, 5.41) is 11.3. The Balaban J connectivity index is 2.84. The molecule has 1 aliphatic heterocycles. The van der Waals surface area contributed by atoms with E-state index >= 15 is 0 Å². The van der Waals surface area contributed by atoms with Gasteiger partial charge in [-0.3, -0.25) is 4.79 Å². The van der Waals surface area contributed by atoms with Gasteiger partial charge in [0.2, 0.25) is 5.91 Å². The summed E-state index contributed by atoms with van der Waals surface area (Å²) in [7, 11) is 0. The van der Waals surface area contributed by atoms with E-state index in [1.165, 1.54) is 0 Å². The molecule has 1 N–H and O–H groups in total. The minimum absolute atomic E-state index is 0.0995. The highest BCUT2D eigenvalue weighted by molar-refractivity contribution is 5.87. The van der Waals surface area contributed by atoms with Crippen molar-refractivity contribution in [3.8, 4) is 6.07 Å². The van der Waals surface area contributed by atoms with Gasteiger partial charge in [0.25, 0.3) is 0 Å². The molecule has 0 radical (unpaired) electrons. The van der Waals surface area contributed by atoms with Crippen molar-refractivity contribution in [1.82, 2.24) is 5.32 Å². The average Bonchev–Trinajstić information content (AvgIpc) is 2.32. The number of hydrogen-bond acceptors (Lipinski definition) is 2. The van der Waals surface area contributed by atoms with E-state index in [1.54, 1.807) is 0 Å². The SMILES string of the molecule is CC[C@@]1(C#N)CCNC1=O. The molecule has 1 atom stereocenters. The molecular weight excluding hydrogens is 128 g/mol. The first-order valence-corrected chi connectivity index (χ1v) is 3.45. The minimum atomic E-state index is -0.708. The molecule has 3 nitrogen and oxygen atoms in total. The topological polar surface area (TPSA) is 52.9 Å². The van der Waals surface area contributed by atoms with E-state index in [-0.39, 0.29) is 5.91 Å². The summed E-state index contributed by atoms with van der Waals surface area (Å²) in [5.74, 6) is -0.0995. The fourth-order valence-corrected chi connectivity index (χ4v) is 1.20. The van der Waals surface area contributed by atoms with Gasteiger partial charge in [-0.15, -0.1) is 0 Å². The van der Waals surface area contributed by atoms with Crippen molar-refractivity contribution < 1.29 is 4.79 Å². The van der Waals surface area contributed by atoms with Crippen LogP contribution in [0.25, 0.3) is 0 Å². The second kappa shape index (κ2) is 2.30. The molecule has 0 saturated carbocycles. The number of carbonyl (C=O) groups excluding carboxylic acids is 1. The van der Waals surface area contributed by atoms with Crippen LogP contribution in [0.3, 0.4) is 0 Å². The third kappa shape index (κ3) is 0.766. The van der Waals surface area contributed by atoms with Gasteiger partial charge in [-0.25, -0.2) is 0 Å². The summed E-state index contributed by atoms with van der Waals surface area (Å²) in [6.07, 6.45) is 1.29. The van der Waals surface area contributed by atoms with E-state index in [4.69, 9.17) is 5.26 Å². The van der Waals surface area contributed by atoms with Gasteiger partial charge < -0.3 is 5.32 Å². The molecule has 0 unspecified atom stereocenters. The van der Waals surface area contributed by atoms with E-state index in [0.29, 0.717) is 19.4 Å². The van der Waals surface area contributed by atoms with Crippen molar-refractivity contribution in [2.45, 2.75) is 19.8 Å². The van der Waals surface area contributed by atoms with Gasteiger partial charge in [-0.1, -0.05) is 6.92 Å². The van der Waals surface area contributed by atoms with E-state index in [9.17, 15) is 4.79 Å². The lowest BCUT2D eigenvalue weighted by molar-refractivity contribution is -0.125. The van der Waals surface area contributed by atoms with E-state index in [2.05, 4.69) is 11.4 Å². The van der Waals surface area contributed by atoms with Crippen LogP contribution in [-0.2, 0) is 4.79 Å². The highest BCUT2D eigenvalue weighted by Crippen LogP contribution is 2.28. The average molecular weight is 138 g/mol. The molecule has 1 saturated heterocycles. The van der Waals surface area contributed by atoms with Crippen molar-refractivity contribution in [3.63, 3.8) is 0 Å². The van der Waals surface area contributed by atoms with Crippen LogP contribution < -0.4 is 5.32 Å². The Hall–Kier alpha value is -1.04. The largest absolute Gasteiger partial charge is 0.355 e. The van der Waals surface area contributed by atoms with Crippen LogP contribution in [0.2, 0.25) is 0 Å². The summed E-state index contributed by atoms with van der Waals surface area (Å²) in [4.78, 5) is 11.0. The maximum Gasteiger partial charge on any atom is 0.240 e. The molecule has 0 aliphatic carbocycles. The number of rotatable bonds is 1. The maximum atomic E-state index is 11.0. The molecule has 0 aromatic carbocycles. The molecule has 3 heteroatoms. The first-order valence-electron chi connectivity index (χ1n) is 3.45. The number of carbonyl (C=O) groups is 1. The number of nitrogens with one attached hydrogen (secondary N) is 1. The molecular formula is C7H10N2O. The Morgan fingerprint density at radius 2 is 2.60 bits per heavy atom. The number of nitriles is 1. The lowest BCUT2D eigenvalue weighted by Gasteiger charge is -2.12. The highest BCUT2D eigenvalue weighted by atomic mass is 16.2. The predicted molar refractivity (Wildman–Crippen MR) is 36.0 cm³/mol. The molecule has 1 rings (SSSR count). The van der Waals surface area contributed by atoms with Crippen molar-refractivity contribution >= 4 is 5.91 Å². The first kappa shape index (κ1) is 7.07. The predicted octanol–water partition coefficient (Wildman–Crippen LogP) is 0.426. The monoisotopic (exact) mass is 138 g/mol. The Bertz CT molecular complexity index is 194. The van der Waals surface area contributed by atoms with Crippen LogP contribution in [0.1, 0.15) is 19.8 Å². The fourth-order valence-electron chi connectivity index (χ4n) is 1.20. The van der Waals surface area contributed by atoms with Gasteiger partial charge in [0, 0.05) is 6.54 Å². The summed E-state index contributed by atoms with van der Waals surface area (Å²) < 4.78 is 0. The smallest absolute Gasteiger partial charge is 0.240 e. The Morgan fingerprint density at radius 1 is 1.90 bits per heavy atom. The van der Waals surface area contributed by atoms with Crippen LogP contribution >= 0.6 is 0 Å². The minimum Gasteiger partial charge on any atom is -0.355 e. The third-order valence-electron chi connectivity index (χ3n) is 2.09. The zero-order valence-electron chi connectivity index (χ0n) is 5.98. The van der Waals surface area contributed by atoms with Crippen molar-refractivity contribution in [2.75, 3.05) is 6.54 Å². The van der Waals surface area contributed by atoms with Gasteiger partial charge in [0.05, 0.1) is 6.07 Å². The molecule has 0 spiro atoms. The summed E-state index contributed by atoms with van der Waals surface area (Å²) >= 11 is 0. The van der Waals surface area contributed by atoms with Crippen LogP contribution in [0, 0.1) is 16.7 Å². The molecule has 0 aromatic heterocycles. The molecule has 0 aromatic rings. The lowest BCUT2D eigenvalue weighted by atomic mass is 9.85. The van der Waals surface area contributed by atoms with E-state index < -0.39 is 5.41 Å². The number of nitrogens with zero attached hydrogens (tertiary/aromatic N) is 1. The summed E-state index contributed by atoms with van der Waals surface area (Å²) in [5.41, 5.74) is -0.708. The Labute approximate surface area is 60.0 Å². The zero-order chi connectivity index (χ0) is 7.61. The molecule has 1 amide bonds. The van der Waals surface area contributed by atoms with Crippen molar-refractivity contribution in [1.29, 1.82) is 5.26 Å². The van der Waals surface area contributed by atoms with E-state index in [0.717, 1.165) is 0 Å². The third-order valence-corrected chi connectivity index (χ3v) is 2.09. The molecule has 0 bridgehead atoms.